The number of hydrogen-bond acceptors (Lipinski definition) is 6. The van der Waals surface area contributed by atoms with Crippen LogP contribution in [-0.4, -0.2) is 43.4 Å². The summed E-state index contributed by atoms with van der Waals surface area (Å²) in [5.41, 5.74) is 4.91. The third kappa shape index (κ3) is 3.05. The van der Waals surface area contributed by atoms with Crippen molar-refractivity contribution in [3.8, 4) is 12.1 Å². The molecule has 2 aliphatic rings. The Morgan fingerprint density at radius 1 is 1.19 bits per heavy atom. The molecule has 2 aliphatic heterocycles. The predicted molar refractivity (Wildman–Crippen MR) is 112 cm³/mol. The number of fused-ring (bicyclic) bond motifs is 4. The van der Waals surface area contributed by atoms with Gasteiger partial charge in [-0.1, -0.05) is 0 Å². The molecule has 9 heteroatoms. The molecule has 5 rings (SSSR count). The van der Waals surface area contributed by atoms with Gasteiger partial charge in [0.1, 0.15) is 17.3 Å². The molecule has 0 saturated carbocycles. The first-order chi connectivity index (χ1) is 15.0. The summed E-state index contributed by atoms with van der Waals surface area (Å²) in [6, 6.07) is 8.28. The van der Waals surface area contributed by atoms with Crippen LogP contribution in [0.4, 0.5) is 10.1 Å². The molecule has 0 aromatic carbocycles. The SMILES string of the molecule is C[C@@H]1CN(c2ccc(C#N)n3ncc(F)c23)Cc2c3c(nn21)CN(CCC#N)[C@@H](C)C3. The van der Waals surface area contributed by atoms with Crippen LogP contribution in [0.2, 0.25) is 0 Å². The molecule has 3 aromatic heterocycles. The first kappa shape index (κ1) is 19.5. The van der Waals surface area contributed by atoms with Gasteiger partial charge in [-0.05, 0) is 32.4 Å². The van der Waals surface area contributed by atoms with E-state index >= 15 is 0 Å². The molecule has 8 nitrogen and oxygen atoms in total. The summed E-state index contributed by atoms with van der Waals surface area (Å²) in [5, 5.41) is 27.3. The smallest absolute Gasteiger partial charge is 0.171 e. The van der Waals surface area contributed by atoms with Crippen molar-refractivity contribution in [2.75, 3.05) is 18.0 Å². The zero-order valence-electron chi connectivity index (χ0n) is 17.6. The quantitative estimate of drug-likeness (QED) is 0.650. The highest BCUT2D eigenvalue weighted by atomic mass is 19.1. The van der Waals surface area contributed by atoms with Crippen LogP contribution in [0, 0.1) is 28.5 Å². The molecule has 5 heterocycles. The largest absolute Gasteiger partial charge is 0.362 e. The monoisotopic (exact) mass is 418 g/mol. The second-order valence-electron chi connectivity index (χ2n) is 8.45. The van der Waals surface area contributed by atoms with E-state index in [1.165, 1.54) is 15.8 Å². The molecule has 0 spiro atoms. The summed E-state index contributed by atoms with van der Waals surface area (Å²) in [6.45, 7) is 7.14. The number of hydrogen-bond donors (Lipinski definition) is 0. The van der Waals surface area contributed by atoms with Crippen LogP contribution in [0.15, 0.2) is 18.3 Å². The third-order valence-corrected chi connectivity index (χ3v) is 6.48. The zero-order valence-corrected chi connectivity index (χ0v) is 17.6. The minimum Gasteiger partial charge on any atom is -0.362 e. The van der Waals surface area contributed by atoms with Gasteiger partial charge in [-0.25, -0.2) is 8.91 Å². The van der Waals surface area contributed by atoms with Gasteiger partial charge in [0, 0.05) is 37.7 Å². The summed E-state index contributed by atoms with van der Waals surface area (Å²) in [7, 11) is 0. The maximum absolute atomic E-state index is 14.6. The van der Waals surface area contributed by atoms with Gasteiger partial charge in [0.25, 0.3) is 0 Å². The molecule has 0 unspecified atom stereocenters. The summed E-state index contributed by atoms with van der Waals surface area (Å²) >= 11 is 0. The molecule has 0 saturated heterocycles. The van der Waals surface area contributed by atoms with E-state index in [1.54, 1.807) is 6.07 Å². The van der Waals surface area contributed by atoms with Gasteiger partial charge in [-0.3, -0.25) is 9.58 Å². The fraction of sp³-hybridized carbons (Fsp3) is 0.455. The lowest BCUT2D eigenvalue weighted by molar-refractivity contribution is 0.186. The number of halogens is 1. The van der Waals surface area contributed by atoms with Crippen LogP contribution in [0.3, 0.4) is 0 Å². The maximum atomic E-state index is 14.6. The van der Waals surface area contributed by atoms with E-state index < -0.39 is 5.82 Å². The Bertz CT molecular complexity index is 1240. The topological polar surface area (TPSA) is 89.2 Å². The highest BCUT2D eigenvalue weighted by Gasteiger charge is 2.34. The van der Waals surface area contributed by atoms with Gasteiger partial charge >= 0.3 is 0 Å². The minimum atomic E-state index is -0.428. The van der Waals surface area contributed by atoms with E-state index in [4.69, 9.17) is 10.4 Å². The number of rotatable bonds is 3. The lowest BCUT2D eigenvalue weighted by Crippen LogP contribution is -2.39. The lowest BCUT2D eigenvalue weighted by Gasteiger charge is -2.35. The third-order valence-electron chi connectivity index (χ3n) is 6.48. The van der Waals surface area contributed by atoms with Crippen molar-refractivity contribution in [3.63, 3.8) is 0 Å². The normalized spacial score (nSPS) is 20.9. The van der Waals surface area contributed by atoms with E-state index in [0.717, 1.165) is 37.1 Å². The van der Waals surface area contributed by atoms with E-state index in [0.29, 0.717) is 36.8 Å². The second kappa shape index (κ2) is 7.36. The average molecular weight is 418 g/mol. The van der Waals surface area contributed by atoms with Crippen LogP contribution in [0.25, 0.3) is 5.52 Å². The van der Waals surface area contributed by atoms with Crippen molar-refractivity contribution >= 4 is 11.2 Å². The molecule has 0 amide bonds. The van der Waals surface area contributed by atoms with E-state index in [-0.39, 0.29) is 6.04 Å². The number of anilines is 1. The number of aromatic nitrogens is 4. The fourth-order valence-electron chi connectivity index (χ4n) is 4.93. The van der Waals surface area contributed by atoms with E-state index in [9.17, 15) is 9.65 Å². The van der Waals surface area contributed by atoms with Crippen LogP contribution >= 0.6 is 0 Å². The number of nitrogens with zero attached hydrogens (tertiary/aromatic N) is 8. The number of pyridine rings is 1. The van der Waals surface area contributed by atoms with Gasteiger partial charge in [0.2, 0.25) is 0 Å². The van der Waals surface area contributed by atoms with Gasteiger partial charge < -0.3 is 4.90 Å². The molecule has 0 bridgehead atoms. The molecule has 31 heavy (non-hydrogen) atoms. The molecule has 158 valence electrons. The zero-order chi connectivity index (χ0) is 21.7. The molecule has 0 aliphatic carbocycles. The standard InChI is InChI=1S/C22H23FN8/c1-14-8-17-19(12-28(14)7-3-6-24)27-30-15(2)11-29(13-21(17)30)20-5-4-16(9-25)31-22(20)18(23)10-26-31/h4-5,10,14-15H,3,7-8,11-13H2,1-2H3/t14-,15+/m0/s1. The highest BCUT2D eigenvalue weighted by molar-refractivity contribution is 5.75. The Hall–Kier alpha value is -3.43. The van der Waals surface area contributed by atoms with Crippen molar-refractivity contribution in [1.82, 2.24) is 24.3 Å². The Balaban J connectivity index is 1.52. The number of nitriles is 2. The van der Waals surface area contributed by atoms with Gasteiger partial charge in [0.15, 0.2) is 5.82 Å². The molecule has 0 radical (unpaired) electrons. The van der Waals surface area contributed by atoms with Crippen molar-refractivity contribution in [2.24, 2.45) is 0 Å². The first-order valence-corrected chi connectivity index (χ1v) is 10.5. The van der Waals surface area contributed by atoms with Crippen LogP contribution < -0.4 is 4.90 Å². The Kier molecular flexibility index (Phi) is 4.64. The maximum Gasteiger partial charge on any atom is 0.171 e. The van der Waals surface area contributed by atoms with Gasteiger partial charge in [-0.2, -0.15) is 20.7 Å². The molecule has 0 N–H and O–H groups in total. The van der Waals surface area contributed by atoms with Gasteiger partial charge in [0.05, 0.1) is 41.9 Å². The predicted octanol–water partition coefficient (Wildman–Crippen LogP) is 2.78. The average Bonchev–Trinajstić information content (AvgIpc) is 3.33. The Morgan fingerprint density at radius 3 is 2.81 bits per heavy atom. The second-order valence-corrected chi connectivity index (χ2v) is 8.45. The molecule has 0 fully saturated rings. The highest BCUT2D eigenvalue weighted by Crippen LogP contribution is 2.35. The molecular weight excluding hydrogens is 395 g/mol. The van der Waals surface area contributed by atoms with Crippen LogP contribution in [0.1, 0.15) is 49.0 Å². The lowest BCUT2D eigenvalue weighted by atomic mass is 9.97. The molecular formula is C22H23FN8. The first-order valence-electron chi connectivity index (χ1n) is 10.5. The van der Waals surface area contributed by atoms with Crippen molar-refractivity contribution in [1.29, 1.82) is 10.5 Å². The molecule has 2 atom stereocenters. The Morgan fingerprint density at radius 2 is 2.03 bits per heavy atom. The Labute approximate surface area is 179 Å². The van der Waals surface area contributed by atoms with Crippen LogP contribution in [-0.2, 0) is 19.5 Å². The van der Waals surface area contributed by atoms with Crippen molar-refractivity contribution in [2.45, 2.75) is 51.9 Å². The van der Waals surface area contributed by atoms with Crippen molar-refractivity contribution in [3.05, 3.63) is 46.8 Å². The fourth-order valence-corrected chi connectivity index (χ4v) is 4.93. The summed E-state index contributed by atoms with van der Waals surface area (Å²) in [5.74, 6) is -0.428. The molecule has 3 aromatic rings. The van der Waals surface area contributed by atoms with Gasteiger partial charge in [-0.15, -0.1) is 0 Å². The van der Waals surface area contributed by atoms with Crippen LogP contribution in [0.5, 0.6) is 0 Å². The summed E-state index contributed by atoms with van der Waals surface area (Å²) in [4.78, 5) is 4.48. The van der Waals surface area contributed by atoms with Crippen molar-refractivity contribution < 1.29 is 4.39 Å². The minimum absolute atomic E-state index is 0.124. The van der Waals surface area contributed by atoms with E-state index in [2.05, 4.69) is 45.6 Å². The summed E-state index contributed by atoms with van der Waals surface area (Å²) in [6.07, 6.45) is 2.57. The summed E-state index contributed by atoms with van der Waals surface area (Å²) < 4.78 is 18.1. The van der Waals surface area contributed by atoms with E-state index in [1.807, 2.05) is 6.07 Å².